The number of alkyl halides is 3. The molecule has 1 fully saturated rings. The first kappa shape index (κ1) is 24.8. The summed E-state index contributed by atoms with van der Waals surface area (Å²) in [6.45, 7) is 1.78. The lowest BCUT2D eigenvalue weighted by atomic mass is 10.1. The molecule has 2 aromatic rings. The average Bonchev–Trinajstić information content (AvgIpc) is 3.35. The molecule has 1 aliphatic rings. The number of para-hydroxylation sites is 1. The predicted octanol–water partition coefficient (Wildman–Crippen LogP) is 4.92. The predicted molar refractivity (Wildman–Crippen MR) is 112 cm³/mol. The zero-order valence-corrected chi connectivity index (χ0v) is 18.3. The number of benzene rings is 1. The van der Waals surface area contributed by atoms with Crippen molar-refractivity contribution in [3.8, 4) is 17.7 Å². The van der Waals surface area contributed by atoms with Gasteiger partial charge >= 0.3 is 18.1 Å². The number of hydrogen-bond donors (Lipinski definition) is 0. The summed E-state index contributed by atoms with van der Waals surface area (Å²) in [6.07, 6.45) is -3.75. The van der Waals surface area contributed by atoms with Crippen molar-refractivity contribution in [2.75, 3.05) is 6.61 Å². The molecular weight excluding hydrogens is 453 g/mol. The monoisotopic (exact) mass is 474 g/mol. The number of nitrogens with zero attached hydrogens (tertiary/aromatic N) is 2. The maximum Gasteiger partial charge on any atom is 0.422 e. The quantitative estimate of drug-likeness (QED) is 0.396. The molecule has 1 saturated carbocycles. The van der Waals surface area contributed by atoms with E-state index in [1.807, 2.05) is 12.1 Å². The van der Waals surface area contributed by atoms with Crippen molar-refractivity contribution < 1.29 is 37.0 Å². The normalized spacial score (nSPS) is 19.6. The highest BCUT2D eigenvalue weighted by atomic mass is 19.4. The number of rotatable bonds is 8. The third kappa shape index (κ3) is 6.34. The van der Waals surface area contributed by atoms with Crippen LogP contribution in [-0.2, 0) is 19.1 Å². The van der Waals surface area contributed by atoms with Gasteiger partial charge in [-0.2, -0.15) is 18.4 Å². The van der Waals surface area contributed by atoms with E-state index in [1.54, 1.807) is 50.2 Å². The van der Waals surface area contributed by atoms with Crippen LogP contribution in [0.5, 0.6) is 11.6 Å². The fourth-order valence-corrected chi connectivity index (χ4v) is 3.46. The van der Waals surface area contributed by atoms with E-state index in [4.69, 9.17) is 9.47 Å². The van der Waals surface area contributed by atoms with Crippen LogP contribution in [-0.4, -0.2) is 29.7 Å². The number of hydrogen-bond acceptors (Lipinski definition) is 7. The molecule has 3 atom stereocenters. The number of pyridine rings is 1. The summed E-state index contributed by atoms with van der Waals surface area (Å²) in [7, 11) is 0. The zero-order valence-electron chi connectivity index (χ0n) is 18.3. The molecule has 1 aliphatic carbocycles. The Bertz CT molecular complexity index is 1110. The maximum absolute atomic E-state index is 12.7. The minimum atomic E-state index is -4.63. The van der Waals surface area contributed by atoms with E-state index < -0.39 is 48.1 Å². The lowest BCUT2D eigenvalue weighted by Gasteiger charge is -2.12. The number of allylic oxidation sites excluding steroid dienone is 1. The zero-order chi connectivity index (χ0) is 24.9. The molecule has 0 saturated heterocycles. The summed E-state index contributed by atoms with van der Waals surface area (Å²) in [5.74, 6) is -2.27. The average molecular weight is 474 g/mol. The van der Waals surface area contributed by atoms with E-state index in [0.717, 1.165) is 6.08 Å². The first-order valence-electron chi connectivity index (χ1n) is 10.2. The molecule has 3 rings (SSSR count). The summed E-state index contributed by atoms with van der Waals surface area (Å²) in [5.41, 5.74) is -0.450. The Morgan fingerprint density at radius 2 is 1.88 bits per heavy atom. The minimum absolute atomic E-state index is 0.172. The standard InChI is InChI=1S/C24H21F3N2O5/c1-23(2)16(11-12-20(30)32-14-24(25,26)27)21(23)22(31)34-18(13-28)17-9-6-10-19(29-17)33-15-7-4-3-5-8-15/h3-12,16,18,21H,14H2,1-2H3/t16-,18-,21-/m0/s1. The van der Waals surface area contributed by atoms with Gasteiger partial charge in [0.15, 0.2) is 6.61 Å². The topological polar surface area (TPSA) is 98.5 Å². The highest BCUT2D eigenvalue weighted by Gasteiger charge is 2.61. The van der Waals surface area contributed by atoms with Gasteiger partial charge in [-0.25, -0.2) is 9.78 Å². The highest BCUT2D eigenvalue weighted by molar-refractivity contribution is 5.83. The molecule has 0 radical (unpaired) electrons. The van der Waals surface area contributed by atoms with Crippen LogP contribution in [0, 0.1) is 28.6 Å². The molecule has 0 bridgehead atoms. The van der Waals surface area contributed by atoms with Gasteiger partial charge in [0.25, 0.3) is 0 Å². The number of nitriles is 1. The molecule has 0 spiro atoms. The van der Waals surface area contributed by atoms with Crippen LogP contribution in [0.1, 0.15) is 25.6 Å². The Hall–Kier alpha value is -3.87. The van der Waals surface area contributed by atoms with E-state index in [-0.39, 0.29) is 11.6 Å². The summed E-state index contributed by atoms with van der Waals surface area (Å²) < 4.78 is 51.6. The van der Waals surface area contributed by atoms with Crippen LogP contribution in [0.3, 0.4) is 0 Å². The van der Waals surface area contributed by atoms with E-state index in [1.165, 1.54) is 12.1 Å². The van der Waals surface area contributed by atoms with Crippen molar-refractivity contribution in [2.24, 2.45) is 17.3 Å². The Morgan fingerprint density at radius 3 is 2.53 bits per heavy atom. The van der Waals surface area contributed by atoms with E-state index in [0.29, 0.717) is 5.75 Å². The number of carbonyl (C=O) groups excluding carboxylic acids is 2. The van der Waals surface area contributed by atoms with Gasteiger partial charge < -0.3 is 14.2 Å². The Balaban J connectivity index is 1.63. The van der Waals surface area contributed by atoms with Crippen molar-refractivity contribution in [2.45, 2.75) is 26.1 Å². The van der Waals surface area contributed by atoms with Crippen LogP contribution in [0.15, 0.2) is 60.7 Å². The van der Waals surface area contributed by atoms with Crippen LogP contribution in [0.2, 0.25) is 0 Å². The summed E-state index contributed by atoms with van der Waals surface area (Å²) in [6, 6.07) is 15.5. The summed E-state index contributed by atoms with van der Waals surface area (Å²) in [4.78, 5) is 28.5. The number of ether oxygens (including phenoxy) is 3. The van der Waals surface area contributed by atoms with Crippen molar-refractivity contribution >= 4 is 11.9 Å². The second-order valence-electron chi connectivity index (χ2n) is 8.17. The molecule has 0 N–H and O–H groups in total. The second-order valence-corrected chi connectivity index (χ2v) is 8.17. The van der Waals surface area contributed by atoms with Gasteiger partial charge in [-0.1, -0.05) is 44.2 Å². The fourth-order valence-electron chi connectivity index (χ4n) is 3.46. The molecule has 178 valence electrons. The first-order chi connectivity index (χ1) is 16.0. The Kier molecular flexibility index (Phi) is 7.25. The molecule has 1 aromatic heterocycles. The molecule has 0 amide bonds. The number of esters is 2. The van der Waals surface area contributed by atoms with Crippen molar-refractivity contribution in [3.63, 3.8) is 0 Å². The largest absolute Gasteiger partial charge is 0.453 e. The van der Waals surface area contributed by atoms with E-state index >= 15 is 0 Å². The number of aromatic nitrogens is 1. The maximum atomic E-state index is 12.7. The van der Waals surface area contributed by atoms with E-state index in [9.17, 15) is 28.0 Å². The fraction of sp³-hybridized carbons (Fsp3) is 0.333. The number of carbonyl (C=O) groups is 2. The van der Waals surface area contributed by atoms with Gasteiger partial charge in [0.2, 0.25) is 12.0 Å². The lowest BCUT2D eigenvalue weighted by Crippen LogP contribution is -2.19. The molecule has 1 aromatic carbocycles. The molecule has 0 aliphatic heterocycles. The smallest absolute Gasteiger partial charge is 0.422 e. The highest BCUT2D eigenvalue weighted by Crippen LogP contribution is 2.59. The Labute approximate surface area is 193 Å². The van der Waals surface area contributed by atoms with Gasteiger partial charge in [0, 0.05) is 12.1 Å². The van der Waals surface area contributed by atoms with Crippen molar-refractivity contribution in [3.05, 3.63) is 66.4 Å². The second kappa shape index (κ2) is 9.95. The minimum Gasteiger partial charge on any atom is -0.453 e. The molecule has 34 heavy (non-hydrogen) atoms. The SMILES string of the molecule is CC1(C)[C@H](C(=O)O[C@@H](C#N)c2cccc(Oc3ccccc3)n2)[C@@H]1C=CC(=O)OCC(F)(F)F. The molecule has 7 nitrogen and oxygen atoms in total. The van der Waals surface area contributed by atoms with Crippen LogP contribution in [0.25, 0.3) is 0 Å². The molecule has 0 unspecified atom stereocenters. The van der Waals surface area contributed by atoms with Crippen molar-refractivity contribution in [1.82, 2.24) is 4.98 Å². The van der Waals surface area contributed by atoms with Crippen molar-refractivity contribution in [1.29, 1.82) is 5.26 Å². The van der Waals surface area contributed by atoms with Gasteiger partial charge in [0.05, 0.1) is 11.6 Å². The lowest BCUT2D eigenvalue weighted by molar-refractivity contribution is -0.182. The Morgan fingerprint density at radius 1 is 1.18 bits per heavy atom. The van der Waals surface area contributed by atoms with Crippen LogP contribution < -0.4 is 4.74 Å². The van der Waals surface area contributed by atoms with Gasteiger partial charge in [0.1, 0.15) is 11.8 Å². The third-order valence-corrected chi connectivity index (χ3v) is 5.31. The molecule has 1 heterocycles. The van der Waals surface area contributed by atoms with Gasteiger partial charge in [-0.05, 0) is 29.5 Å². The van der Waals surface area contributed by atoms with Gasteiger partial charge in [-0.15, -0.1) is 0 Å². The molecule has 10 heteroatoms. The summed E-state index contributed by atoms with van der Waals surface area (Å²) >= 11 is 0. The first-order valence-corrected chi connectivity index (χ1v) is 10.2. The number of halogens is 3. The van der Waals surface area contributed by atoms with Gasteiger partial charge in [-0.3, -0.25) is 4.79 Å². The van der Waals surface area contributed by atoms with Crippen LogP contribution >= 0.6 is 0 Å². The third-order valence-electron chi connectivity index (χ3n) is 5.31. The van der Waals surface area contributed by atoms with E-state index in [2.05, 4.69) is 9.72 Å². The molecular formula is C24H21F3N2O5. The van der Waals surface area contributed by atoms with Crippen LogP contribution in [0.4, 0.5) is 13.2 Å². The summed E-state index contributed by atoms with van der Waals surface area (Å²) in [5, 5.41) is 9.53.